The fraction of sp³-hybridized carbons (Fsp3) is 0.409. The average Bonchev–Trinajstić information content (AvgIpc) is 2.70. The van der Waals surface area contributed by atoms with Crippen LogP contribution in [0, 0.1) is 13.8 Å². The van der Waals surface area contributed by atoms with Gasteiger partial charge >= 0.3 is 0 Å². The summed E-state index contributed by atoms with van der Waals surface area (Å²) in [6.45, 7) is 8.05. The largest absolute Gasteiger partial charge is 0.325 e. The van der Waals surface area contributed by atoms with Crippen LogP contribution in [0.15, 0.2) is 47.4 Å². The second-order valence-electron chi connectivity index (χ2n) is 7.53. The number of aryl methyl sites for hydroxylation is 3. The first-order valence-corrected chi connectivity index (χ1v) is 11.4. The van der Waals surface area contributed by atoms with Gasteiger partial charge in [0, 0.05) is 31.9 Å². The summed E-state index contributed by atoms with van der Waals surface area (Å²) in [6.07, 6.45) is 0.917. The number of nitrogens with one attached hydrogen (secondary N) is 1. The molecular weight excluding hydrogens is 386 g/mol. The molecule has 1 aliphatic heterocycles. The Bertz CT molecular complexity index is 981. The Labute approximate surface area is 173 Å². The van der Waals surface area contributed by atoms with Crippen LogP contribution in [0.4, 0.5) is 5.69 Å². The highest BCUT2D eigenvalue weighted by Gasteiger charge is 2.29. The molecule has 1 N–H and O–H groups in total. The number of rotatable bonds is 6. The SMILES string of the molecule is CCc1cccc(NC(=O)CN2CCN(S(=O)(=O)c3ccc(C)c(C)c3)CC2)c1. The smallest absolute Gasteiger partial charge is 0.243 e. The van der Waals surface area contributed by atoms with Crippen LogP contribution in [0.1, 0.15) is 23.6 Å². The number of benzene rings is 2. The molecule has 3 rings (SSSR count). The number of carbonyl (C=O) groups excluding carboxylic acids is 1. The Balaban J connectivity index is 1.55. The van der Waals surface area contributed by atoms with E-state index in [-0.39, 0.29) is 12.5 Å². The van der Waals surface area contributed by atoms with Crippen molar-refractivity contribution in [2.75, 3.05) is 38.0 Å². The monoisotopic (exact) mass is 415 g/mol. The van der Waals surface area contributed by atoms with Gasteiger partial charge in [0.25, 0.3) is 0 Å². The first-order valence-electron chi connectivity index (χ1n) is 9.98. The third kappa shape index (κ3) is 5.23. The number of hydrogen-bond donors (Lipinski definition) is 1. The van der Waals surface area contributed by atoms with E-state index in [0.717, 1.165) is 23.2 Å². The highest BCUT2D eigenvalue weighted by atomic mass is 32.2. The average molecular weight is 416 g/mol. The maximum atomic E-state index is 12.9. The lowest BCUT2D eigenvalue weighted by Crippen LogP contribution is -2.50. The summed E-state index contributed by atoms with van der Waals surface area (Å²) in [6, 6.07) is 13.1. The topological polar surface area (TPSA) is 69.7 Å². The van der Waals surface area contributed by atoms with E-state index < -0.39 is 10.0 Å². The lowest BCUT2D eigenvalue weighted by molar-refractivity contribution is -0.117. The standard InChI is InChI=1S/C22H29N3O3S/c1-4-19-6-5-7-20(15-19)23-22(26)16-24-10-12-25(13-11-24)29(27,28)21-9-8-17(2)18(3)14-21/h5-9,14-15H,4,10-13,16H2,1-3H3,(H,23,26). The molecule has 1 amide bonds. The normalized spacial score (nSPS) is 16.0. The predicted octanol–water partition coefficient (Wildman–Crippen LogP) is 2.81. The zero-order valence-electron chi connectivity index (χ0n) is 17.3. The molecule has 2 aromatic rings. The number of sulfonamides is 1. The van der Waals surface area contributed by atoms with Gasteiger partial charge in [0.1, 0.15) is 0 Å². The summed E-state index contributed by atoms with van der Waals surface area (Å²) in [5.74, 6) is -0.0799. The van der Waals surface area contributed by atoms with Crippen molar-refractivity contribution in [3.63, 3.8) is 0 Å². The van der Waals surface area contributed by atoms with Gasteiger partial charge in [-0.05, 0) is 61.2 Å². The molecule has 0 radical (unpaired) electrons. The second kappa shape index (κ2) is 9.07. The van der Waals surface area contributed by atoms with Crippen molar-refractivity contribution in [1.29, 1.82) is 0 Å². The van der Waals surface area contributed by atoms with Crippen molar-refractivity contribution in [2.24, 2.45) is 0 Å². The Morgan fingerprint density at radius 2 is 1.72 bits per heavy atom. The number of amides is 1. The van der Waals surface area contributed by atoms with Gasteiger partial charge in [-0.2, -0.15) is 4.31 Å². The van der Waals surface area contributed by atoms with Gasteiger partial charge in [0.2, 0.25) is 15.9 Å². The molecule has 0 unspecified atom stereocenters. The Hall–Kier alpha value is -2.22. The summed E-state index contributed by atoms with van der Waals surface area (Å²) in [5, 5.41) is 2.93. The van der Waals surface area contributed by atoms with Crippen LogP contribution < -0.4 is 5.32 Å². The molecule has 6 nitrogen and oxygen atoms in total. The van der Waals surface area contributed by atoms with Gasteiger partial charge < -0.3 is 5.32 Å². The van der Waals surface area contributed by atoms with Crippen LogP contribution >= 0.6 is 0 Å². The summed E-state index contributed by atoms with van der Waals surface area (Å²) >= 11 is 0. The summed E-state index contributed by atoms with van der Waals surface area (Å²) in [5.41, 5.74) is 4.01. The molecule has 0 saturated carbocycles. The summed E-state index contributed by atoms with van der Waals surface area (Å²) < 4.78 is 27.3. The van der Waals surface area contributed by atoms with Crippen molar-refractivity contribution in [3.8, 4) is 0 Å². The zero-order chi connectivity index (χ0) is 21.0. The molecule has 156 valence electrons. The number of anilines is 1. The number of hydrogen-bond acceptors (Lipinski definition) is 4. The van der Waals surface area contributed by atoms with Crippen LogP contribution in [-0.4, -0.2) is 56.3 Å². The van der Waals surface area contributed by atoms with Crippen LogP contribution in [0.25, 0.3) is 0 Å². The van der Waals surface area contributed by atoms with E-state index in [9.17, 15) is 13.2 Å². The van der Waals surface area contributed by atoms with Crippen LogP contribution in [0.5, 0.6) is 0 Å². The molecule has 1 saturated heterocycles. The highest BCUT2D eigenvalue weighted by Crippen LogP contribution is 2.20. The third-order valence-electron chi connectivity index (χ3n) is 5.43. The van der Waals surface area contributed by atoms with Gasteiger partial charge in [-0.3, -0.25) is 9.69 Å². The minimum atomic E-state index is -3.50. The molecule has 2 aromatic carbocycles. The molecule has 1 fully saturated rings. The molecule has 1 aliphatic rings. The molecule has 7 heteroatoms. The molecule has 1 heterocycles. The summed E-state index contributed by atoms with van der Waals surface area (Å²) in [4.78, 5) is 14.7. The highest BCUT2D eigenvalue weighted by molar-refractivity contribution is 7.89. The van der Waals surface area contributed by atoms with Gasteiger partial charge in [-0.25, -0.2) is 8.42 Å². The van der Waals surface area contributed by atoms with Crippen molar-refractivity contribution >= 4 is 21.6 Å². The molecule has 0 aliphatic carbocycles. The lowest BCUT2D eigenvalue weighted by Gasteiger charge is -2.33. The van der Waals surface area contributed by atoms with E-state index in [1.54, 1.807) is 12.1 Å². The summed E-state index contributed by atoms with van der Waals surface area (Å²) in [7, 11) is -3.50. The van der Waals surface area contributed by atoms with E-state index in [4.69, 9.17) is 0 Å². The maximum Gasteiger partial charge on any atom is 0.243 e. The lowest BCUT2D eigenvalue weighted by atomic mass is 10.1. The van der Waals surface area contributed by atoms with E-state index >= 15 is 0 Å². The van der Waals surface area contributed by atoms with Crippen molar-refractivity contribution in [3.05, 3.63) is 59.2 Å². The first-order chi connectivity index (χ1) is 13.8. The molecule has 0 aromatic heterocycles. The number of carbonyl (C=O) groups is 1. The molecule has 0 spiro atoms. The van der Waals surface area contributed by atoms with E-state index in [2.05, 4.69) is 12.2 Å². The van der Waals surface area contributed by atoms with Crippen LogP contribution in [0.2, 0.25) is 0 Å². The maximum absolute atomic E-state index is 12.9. The van der Waals surface area contributed by atoms with Gasteiger partial charge in [-0.15, -0.1) is 0 Å². The van der Waals surface area contributed by atoms with Crippen molar-refractivity contribution in [2.45, 2.75) is 32.1 Å². The van der Waals surface area contributed by atoms with Crippen LogP contribution in [0.3, 0.4) is 0 Å². The molecule has 29 heavy (non-hydrogen) atoms. The Kier molecular flexibility index (Phi) is 6.72. The van der Waals surface area contributed by atoms with Gasteiger partial charge in [0.05, 0.1) is 11.4 Å². The number of piperazine rings is 1. The zero-order valence-corrected chi connectivity index (χ0v) is 18.1. The van der Waals surface area contributed by atoms with Crippen LogP contribution in [-0.2, 0) is 21.2 Å². The minimum absolute atomic E-state index is 0.0799. The van der Waals surface area contributed by atoms with Gasteiger partial charge in [0.15, 0.2) is 0 Å². The fourth-order valence-electron chi connectivity index (χ4n) is 3.42. The van der Waals surface area contributed by atoms with Gasteiger partial charge in [-0.1, -0.05) is 25.1 Å². The Morgan fingerprint density at radius 3 is 2.38 bits per heavy atom. The minimum Gasteiger partial charge on any atom is -0.325 e. The quantitative estimate of drug-likeness (QED) is 0.788. The van der Waals surface area contributed by atoms with Crippen molar-refractivity contribution < 1.29 is 13.2 Å². The van der Waals surface area contributed by atoms with Crippen molar-refractivity contribution in [1.82, 2.24) is 9.21 Å². The molecular formula is C22H29N3O3S. The van der Waals surface area contributed by atoms with E-state index in [1.807, 2.05) is 49.1 Å². The first kappa shape index (κ1) is 21.5. The molecule has 0 atom stereocenters. The second-order valence-corrected chi connectivity index (χ2v) is 9.47. The predicted molar refractivity (Wildman–Crippen MR) is 116 cm³/mol. The fourth-order valence-corrected chi connectivity index (χ4v) is 4.93. The third-order valence-corrected chi connectivity index (χ3v) is 7.33. The molecule has 0 bridgehead atoms. The number of nitrogens with zero attached hydrogens (tertiary/aromatic N) is 2. The Morgan fingerprint density at radius 1 is 1.00 bits per heavy atom. The van der Waals surface area contributed by atoms with E-state index in [0.29, 0.717) is 31.1 Å². The van der Waals surface area contributed by atoms with E-state index in [1.165, 1.54) is 9.87 Å².